The van der Waals surface area contributed by atoms with Crippen molar-refractivity contribution >= 4 is 5.97 Å². The molecule has 12 heavy (non-hydrogen) atoms. The number of nitrogens with zero attached hydrogens (tertiary/aromatic N) is 4. The van der Waals surface area contributed by atoms with Gasteiger partial charge in [-0.05, 0) is 6.92 Å². The Morgan fingerprint density at radius 2 is 2.58 bits per heavy atom. The van der Waals surface area contributed by atoms with Gasteiger partial charge in [0.25, 0.3) is 5.82 Å². The van der Waals surface area contributed by atoms with E-state index in [0.717, 1.165) is 4.68 Å². The minimum absolute atomic E-state index is 0.0249. The smallest absolute Gasteiger partial charge is 0.328 e. The first kappa shape index (κ1) is 8.20. The number of carboxylic acids is 1. The molecule has 0 aliphatic heterocycles. The highest BCUT2D eigenvalue weighted by Crippen LogP contribution is 2.02. The Kier molecular flexibility index (Phi) is 2.05. The van der Waals surface area contributed by atoms with E-state index in [-0.39, 0.29) is 5.82 Å². The van der Waals surface area contributed by atoms with Crippen LogP contribution in [0.3, 0.4) is 0 Å². The van der Waals surface area contributed by atoms with Crippen molar-refractivity contribution in [2.45, 2.75) is 13.0 Å². The van der Waals surface area contributed by atoms with Gasteiger partial charge in [-0.1, -0.05) is 0 Å². The number of carboxylic acid groups (broad SMARTS) is 1. The fourth-order valence-electron chi connectivity index (χ4n) is 0.626. The summed E-state index contributed by atoms with van der Waals surface area (Å²) in [4.78, 5) is 14.0. The third-order valence-electron chi connectivity index (χ3n) is 1.36. The van der Waals surface area contributed by atoms with Crippen LogP contribution in [0, 0.1) is 11.3 Å². The van der Waals surface area contributed by atoms with E-state index in [4.69, 9.17) is 10.4 Å². The predicted molar refractivity (Wildman–Crippen MR) is 37.1 cm³/mol. The van der Waals surface area contributed by atoms with E-state index in [2.05, 4.69) is 10.1 Å². The maximum atomic E-state index is 10.4. The third-order valence-corrected chi connectivity index (χ3v) is 1.36. The summed E-state index contributed by atoms with van der Waals surface area (Å²) in [6.07, 6.45) is 1.22. The van der Waals surface area contributed by atoms with E-state index in [1.807, 2.05) is 0 Å². The minimum atomic E-state index is -1.01. The monoisotopic (exact) mass is 166 g/mol. The van der Waals surface area contributed by atoms with Crippen LogP contribution < -0.4 is 0 Å². The molecule has 6 nitrogen and oxygen atoms in total. The largest absolute Gasteiger partial charge is 0.480 e. The van der Waals surface area contributed by atoms with Gasteiger partial charge in [0.2, 0.25) is 0 Å². The van der Waals surface area contributed by atoms with Crippen LogP contribution in [-0.4, -0.2) is 25.8 Å². The Labute approximate surface area is 68.1 Å². The van der Waals surface area contributed by atoms with Crippen LogP contribution in [0.4, 0.5) is 0 Å². The molecule has 0 radical (unpaired) electrons. The lowest BCUT2D eigenvalue weighted by atomic mass is 10.4. The van der Waals surface area contributed by atoms with E-state index in [9.17, 15) is 4.79 Å². The standard InChI is InChI=1S/C6H6N4O2/c1-4(6(11)12)10-3-8-5(2-7)9-10/h3-4H,1H3,(H,11,12)/t4-/m0/s1. The van der Waals surface area contributed by atoms with Crippen molar-refractivity contribution in [3.8, 4) is 6.07 Å². The van der Waals surface area contributed by atoms with E-state index in [0.29, 0.717) is 0 Å². The second-order valence-corrected chi connectivity index (χ2v) is 2.17. The van der Waals surface area contributed by atoms with Gasteiger partial charge in [0.15, 0.2) is 0 Å². The van der Waals surface area contributed by atoms with Gasteiger partial charge in [-0.3, -0.25) is 0 Å². The van der Waals surface area contributed by atoms with Gasteiger partial charge in [0.05, 0.1) is 0 Å². The Morgan fingerprint density at radius 1 is 1.92 bits per heavy atom. The van der Waals surface area contributed by atoms with Gasteiger partial charge in [0.1, 0.15) is 18.4 Å². The Balaban J connectivity index is 2.90. The summed E-state index contributed by atoms with van der Waals surface area (Å²) < 4.78 is 1.13. The van der Waals surface area contributed by atoms with E-state index in [1.54, 1.807) is 6.07 Å². The molecule has 6 heteroatoms. The Bertz CT molecular complexity index is 338. The number of hydrogen-bond donors (Lipinski definition) is 1. The SMILES string of the molecule is C[C@@H](C(=O)O)n1cnc(C#N)n1. The van der Waals surface area contributed by atoms with Gasteiger partial charge in [0, 0.05) is 0 Å². The topological polar surface area (TPSA) is 91.8 Å². The minimum Gasteiger partial charge on any atom is -0.480 e. The first-order chi connectivity index (χ1) is 5.65. The third kappa shape index (κ3) is 1.40. The summed E-state index contributed by atoms with van der Waals surface area (Å²) in [6.45, 7) is 1.46. The summed E-state index contributed by atoms with van der Waals surface area (Å²) in [5.41, 5.74) is 0. The van der Waals surface area contributed by atoms with Gasteiger partial charge in [-0.2, -0.15) is 5.26 Å². The Morgan fingerprint density at radius 3 is 3.00 bits per heavy atom. The molecule has 1 N–H and O–H groups in total. The normalized spacial score (nSPS) is 12.0. The first-order valence-corrected chi connectivity index (χ1v) is 3.19. The lowest BCUT2D eigenvalue weighted by Crippen LogP contribution is -2.15. The summed E-state index contributed by atoms with van der Waals surface area (Å²) in [7, 11) is 0. The quantitative estimate of drug-likeness (QED) is 0.656. The van der Waals surface area contributed by atoms with Crippen LogP contribution in [0.2, 0.25) is 0 Å². The fourth-order valence-corrected chi connectivity index (χ4v) is 0.626. The number of aromatic nitrogens is 3. The fraction of sp³-hybridized carbons (Fsp3) is 0.333. The van der Waals surface area contributed by atoms with E-state index < -0.39 is 12.0 Å². The molecule has 1 rings (SSSR count). The maximum absolute atomic E-state index is 10.4. The van der Waals surface area contributed by atoms with Crippen LogP contribution in [0.15, 0.2) is 6.33 Å². The first-order valence-electron chi connectivity index (χ1n) is 3.19. The lowest BCUT2D eigenvalue weighted by molar-refractivity contribution is -0.140. The molecule has 1 heterocycles. The molecule has 1 aromatic heterocycles. The molecule has 0 aliphatic carbocycles. The molecule has 0 saturated carbocycles. The zero-order valence-corrected chi connectivity index (χ0v) is 6.30. The molecule has 0 bridgehead atoms. The van der Waals surface area contributed by atoms with Crippen molar-refractivity contribution in [3.63, 3.8) is 0 Å². The highest BCUT2D eigenvalue weighted by molar-refractivity contribution is 5.71. The number of nitriles is 1. The van der Waals surface area contributed by atoms with Crippen LogP contribution >= 0.6 is 0 Å². The molecule has 62 valence electrons. The number of hydrogen-bond acceptors (Lipinski definition) is 4. The highest BCUT2D eigenvalue weighted by Gasteiger charge is 2.14. The van der Waals surface area contributed by atoms with Crippen LogP contribution in [0.1, 0.15) is 18.8 Å². The second kappa shape index (κ2) is 3.00. The molecule has 0 amide bonds. The summed E-state index contributed by atoms with van der Waals surface area (Å²) in [5, 5.41) is 20.5. The molecule has 0 fully saturated rings. The van der Waals surface area contributed by atoms with Crippen molar-refractivity contribution < 1.29 is 9.90 Å². The van der Waals surface area contributed by atoms with Gasteiger partial charge < -0.3 is 5.11 Å². The zero-order chi connectivity index (χ0) is 9.14. The van der Waals surface area contributed by atoms with Crippen molar-refractivity contribution in [1.82, 2.24) is 14.8 Å². The zero-order valence-electron chi connectivity index (χ0n) is 6.30. The van der Waals surface area contributed by atoms with Crippen molar-refractivity contribution in [1.29, 1.82) is 5.26 Å². The lowest BCUT2D eigenvalue weighted by Gasteiger charge is -2.03. The molecule has 0 aromatic carbocycles. The molecule has 0 unspecified atom stereocenters. The van der Waals surface area contributed by atoms with E-state index in [1.165, 1.54) is 13.3 Å². The average Bonchev–Trinajstić information content (AvgIpc) is 2.50. The molecule has 0 aliphatic rings. The van der Waals surface area contributed by atoms with Crippen LogP contribution in [0.25, 0.3) is 0 Å². The molecular formula is C6H6N4O2. The van der Waals surface area contributed by atoms with Crippen molar-refractivity contribution in [2.75, 3.05) is 0 Å². The molecule has 0 saturated heterocycles. The summed E-state index contributed by atoms with van der Waals surface area (Å²) in [6, 6.07) is 0.913. The van der Waals surface area contributed by atoms with Crippen LogP contribution in [0.5, 0.6) is 0 Å². The van der Waals surface area contributed by atoms with Gasteiger partial charge in [-0.25, -0.2) is 14.5 Å². The average molecular weight is 166 g/mol. The van der Waals surface area contributed by atoms with Gasteiger partial charge in [-0.15, -0.1) is 5.10 Å². The van der Waals surface area contributed by atoms with Gasteiger partial charge >= 0.3 is 5.97 Å². The highest BCUT2D eigenvalue weighted by atomic mass is 16.4. The molecular weight excluding hydrogens is 160 g/mol. The number of rotatable bonds is 2. The number of carbonyl (C=O) groups is 1. The predicted octanol–water partition coefficient (Wildman–Crippen LogP) is -0.205. The second-order valence-electron chi connectivity index (χ2n) is 2.17. The van der Waals surface area contributed by atoms with Crippen molar-refractivity contribution in [3.05, 3.63) is 12.2 Å². The van der Waals surface area contributed by atoms with E-state index >= 15 is 0 Å². The maximum Gasteiger partial charge on any atom is 0.328 e. The Hall–Kier alpha value is -1.90. The summed E-state index contributed by atoms with van der Waals surface area (Å²) in [5.74, 6) is -1.03. The molecule has 1 aromatic rings. The van der Waals surface area contributed by atoms with Crippen molar-refractivity contribution in [2.24, 2.45) is 0 Å². The number of aliphatic carboxylic acids is 1. The summed E-state index contributed by atoms with van der Waals surface area (Å²) >= 11 is 0. The molecule has 0 spiro atoms. The van der Waals surface area contributed by atoms with Crippen LogP contribution in [-0.2, 0) is 4.79 Å². The molecule has 1 atom stereocenters.